The zero-order chi connectivity index (χ0) is 18.0. The quantitative estimate of drug-likeness (QED) is 0.707. The summed E-state index contributed by atoms with van der Waals surface area (Å²) < 4.78 is 0. The molecular formula is C18H24N4O3. The SMILES string of the molecule is CNC(=O)c1ccc(CN2CCC[C@H]([C@@]3(C)NC(=O)NC3=O)C2)cc1. The second-order valence-electron chi connectivity index (χ2n) is 6.96. The molecule has 0 aromatic heterocycles. The van der Waals surface area contributed by atoms with E-state index in [0.29, 0.717) is 5.56 Å². The standard InChI is InChI=1S/C18H24N4O3/c1-18(16(24)20-17(25)21-18)14-4-3-9-22(11-14)10-12-5-7-13(8-6-12)15(23)19-2/h5-8,14H,3-4,9-11H2,1-2H3,(H,19,23)(H2,20,21,24,25)/t14-,18+/m0/s1. The van der Waals surface area contributed by atoms with Gasteiger partial charge in [0.25, 0.3) is 11.8 Å². The Kier molecular flexibility index (Phi) is 4.76. The largest absolute Gasteiger partial charge is 0.355 e. The molecule has 0 bridgehead atoms. The summed E-state index contributed by atoms with van der Waals surface area (Å²) in [5, 5.41) is 7.75. The van der Waals surface area contributed by atoms with Crippen LogP contribution in [0, 0.1) is 5.92 Å². The van der Waals surface area contributed by atoms with Crippen molar-refractivity contribution in [2.75, 3.05) is 20.1 Å². The average molecular weight is 344 g/mol. The van der Waals surface area contributed by atoms with Gasteiger partial charge < -0.3 is 10.6 Å². The highest BCUT2D eigenvalue weighted by atomic mass is 16.2. The predicted molar refractivity (Wildman–Crippen MR) is 92.9 cm³/mol. The smallest absolute Gasteiger partial charge is 0.322 e. The van der Waals surface area contributed by atoms with Crippen molar-refractivity contribution in [3.8, 4) is 0 Å². The molecule has 0 radical (unpaired) electrons. The molecule has 3 rings (SSSR count). The Morgan fingerprint density at radius 3 is 2.64 bits per heavy atom. The van der Waals surface area contributed by atoms with Crippen molar-refractivity contribution < 1.29 is 14.4 Å². The van der Waals surface area contributed by atoms with E-state index in [-0.39, 0.29) is 17.7 Å². The number of carbonyl (C=O) groups is 3. The lowest BCUT2D eigenvalue weighted by molar-refractivity contribution is -0.126. The van der Waals surface area contributed by atoms with Crippen LogP contribution in [0.25, 0.3) is 0 Å². The van der Waals surface area contributed by atoms with E-state index in [1.54, 1.807) is 14.0 Å². The number of hydrogen-bond donors (Lipinski definition) is 3. The third-order valence-corrected chi connectivity index (χ3v) is 5.24. The molecular weight excluding hydrogens is 320 g/mol. The lowest BCUT2D eigenvalue weighted by atomic mass is 9.80. The maximum absolute atomic E-state index is 12.1. The van der Waals surface area contributed by atoms with Crippen LogP contribution in [0.1, 0.15) is 35.7 Å². The van der Waals surface area contributed by atoms with Gasteiger partial charge in [0.2, 0.25) is 0 Å². The van der Waals surface area contributed by atoms with E-state index in [1.165, 1.54) is 0 Å². The molecule has 0 spiro atoms. The van der Waals surface area contributed by atoms with Gasteiger partial charge in [-0.15, -0.1) is 0 Å². The van der Waals surface area contributed by atoms with E-state index >= 15 is 0 Å². The minimum Gasteiger partial charge on any atom is -0.355 e. The third-order valence-electron chi connectivity index (χ3n) is 5.24. The first kappa shape index (κ1) is 17.4. The monoisotopic (exact) mass is 344 g/mol. The van der Waals surface area contributed by atoms with E-state index in [4.69, 9.17) is 0 Å². The highest BCUT2D eigenvalue weighted by Crippen LogP contribution is 2.30. The van der Waals surface area contributed by atoms with E-state index < -0.39 is 11.6 Å². The Balaban J connectivity index is 1.65. The molecule has 0 aliphatic carbocycles. The number of nitrogens with zero attached hydrogens (tertiary/aromatic N) is 1. The first-order chi connectivity index (χ1) is 11.9. The third kappa shape index (κ3) is 3.51. The van der Waals surface area contributed by atoms with Crippen LogP contribution in [0.5, 0.6) is 0 Å². The molecule has 2 aliphatic heterocycles. The summed E-state index contributed by atoms with van der Waals surface area (Å²) in [4.78, 5) is 37.6. The maximum Gasteiger partial charge on any atom is 0.322 e. The highest BCUT2D eigenvalue weighted by molar-refractivity contribution is 6.07. The minimum atomic E-state index is -0.834. The molecule has 25 heavy (non-hydrogen) atoms. The van der Waals surface area contributed by atoms with E-state index in [9.17, 15) is 14.4 Å². The van der Waals surface area contributed by atoms with Crippen molar-refractivity contribution in [1.29, 1.82) is 0 Å². The van der Waals surface area contributed by atoms with Crippen LogP contribution in [0.3, 0.4) is 0 Å². The summed E-state index contributed by atoms with van der Waals surface area (Å²) >= 11 is 0. The van der Waals surface area contributed by atoms with Gasteiger partial charge >= 0.3 is 6.03 Å². The first-order valence-corrected chi connectivity index (χ1v) is 8.59. The van der Waals surface area contributed by atoms with Crippen molar-refractivity contribution in [2.24, 2.45) is 5.92 Å². The van der Waals surface area contributed by atoms with Crippen molar-refractivity contribution in [2.45, 2.75) is 31.8 Å². The van der Waals surface area contributed by atoms with Gasteiger partial charge in [0, 0.05) is 31.6 Å². The predicted octanol–water partition coefficient (Wildman–Crippen LogP) is 0.856. The number of nitrogens with one attached hydrogen (secondary N) is 3. The number of benzene rings is 1. The molecule has 0 saturated carbocycles. The Bertz CT molecular complexity index is 688. The van der Waals surface area contributed by atoms with Crippen LogP contribution in [0.4, 0.5) is 4.79 Å². The molecule has 4 amide bonds. The number of amides is 4. The molecule has 2 atom stereocenters. The number of hydrogen-bond acceptors (Lipinski definition) is 4. The van der Waals surface area contributed by atoms with Crippen LogP contribution in [-0.4, -0.2) is 48.4 Å². The molecule has 134 valence electrons. The van der Waals surface area contributed by atoms with Gasteiger partial charge in [-0.25, -0.2) is 4.79 Å². The van der Waals surface area contributed by atoms with Gasteiger partial charge in [-0.3, -0.25) is 19.8 Å². The number of piperidine rings is 1. The Morgan fingerprint density at radius 1 is 1.32 bits per heavy atom. The molecule has 2 fully saturated rings. The average Bonchev–Trinajstić information content (AvgIpc) is 2.88. The van der Waals surface area contributed by atoms with Crippen molar-refractivity contribution in [1.82, 2.24) is 20.9 Å². The fourth-order valence-corrected chi connectivity index (χ4v) is 3.68. The van der Waals surface area contributed by atoms with Gasteiger partial charge in [0.05, 0.1) is 0 Å². The molecule has 0 unspecified atom stereocenters. The van der Waals surface area contributed by atoms with Crippen LogP contribution in [-0.2, 0) is 11.3 Å². The normalized spacial score (nSPS) is 26.9. The highest BCUT2D eigenvalue weighted by Gasteiger charge is 2.48. The van der Waals surface area contributed by atoms with Gasteiger partial charge in [0.1, 0.15) is 5.54 Å². The molecule has 3 N–H and O–H groups in total. The second kappa shape index (κ2) is 6.84. The zero-order valence-electron chi connectivity index (χ0n) is 14.6. The zero-order valence-corrected chi connectivity index (χ0v) is 14.6. The lowest BCUT2D eigenvalue weighted by Gasteiger charge is -2.39. The van der Waals surface area contributed by atoms with Gasteiger partial charge in [-0.1, -0.05) is 12.1 Å². The number of carbonyl (C=O) groups excluding carboxylic acids is 3. The first-order valence-electron chi connectivity index (χ1n) is 8.59. The second-order valence-corrected chi connectivity index (χ2v) is 6.96. The van der Waals surface area contributed by atoms with E-state index in [1.807, 2.05) is 24.3 Å². The summed E-state index contributed by atoms with van der Waals surface area (Å²) in [5.74, 6) is -0.252. The van der Waals surface area contributed by atoms with Crippen LogP contribution in [0.15, 0.2) is 24.3 Å². The maximum atomic E-state index is 12.1. The lowest BCUT2D eigenvalue weighted by Crippen LogP contribution is -2.55. The van der Waals surface area contributed by atoms with Crippen molar-refractivity contribution in [3.63, 3.8) is 0 Å². The number of rotatable bonds is 4. The van der Waals surface area contributed by atoms with E-state index in [2.05, 4.69) is 20.9 Å². The molecule has 1 aromatic carbocycles. The molecule has 1 aromatic rings. The number of urea groups is 1. The van der Waals surface area contributed by atoms with Gasteiger partial charge in [-0.2, -0.15) is 0 Å². The van der Waals surface area contributed by atoms with Crippen molar-refractivity contribution >= 4 is 17.8 Å². The molecule has 2 aliphatic rings. The van der Waals surface area contributed by atoms with Gasteiger partial charge in [0.15, 0.2) is 0 Å². The fourth-order valence-electron chi connectivity index (χ4n) is 3.68. The summed E-state index contributed by atoms with van der Waals surface area (Å²) in [6.45, 7) is 4.27. The summed E-state index contributed by atoms with van der Waals surface area (Å²) in [6.07, 6.45) is 1.90. The Morgan fingerprint density at radius 2 is 2.04 bits per heavy atom. The van der Waals surface area contributed by atoms with Crippen LogP contribution < -0.4 is 16.0 Å². The minimum absolute atomic E-state index is 0.0813. The van der Waals surface area contributed by atoms with E-state index in [0.717, 1.165) is 38.0 Å². The van der Waals surface area contributed by atoms with Crippen LogP contribution >= 0.6 is 0 Å². The summed E-state index contributed by atoms with van der Waals surface area (Å²) in [6, 6.07) is 7.15. The topological polar surface area (TPSA) is 90.5 Å². The molecule has 7 nitrogen and oxygen atoms in total. The Labute approximate surface area is 147 Å². The number of imide groups is 1. The van der Waals surface area contributed by atoms with Gasteiger partial charge in [-0.05, 0) is 44.0 Å². The number of likely N-dealkylation sites (tertiary alicyclic amines) is 1. The van der Waals surface area contributed by atoms with Crippen molar-refractivity contribution in [3.05, 3.63) is 35.4 Å². The molecule has 2 saturated heterocycles. The molecule has 7 heteroatoms. The fraction of sp³-hybridized carbons (Fsp3) is 0.500. The van der Waals surface area contributed by atoms with Crippen LogP contribution in [0.2, 0.25) is 0 Å². The summed E-state index contributed by atoms with van der Waals surface area (Å²) in [5.41, 5.74) is 0.928. The molecule has 2 heterocycles. The summed E-state index contributed by atoms with van der Waals surface area (Å²) in [7, 11) is 1.61. The Hall–Kier alpha value is -2.41.